The molecule has 0 heterocycles. The lowest BCUT2D eigenvalue weighted by Gasteiger charge is -2.01. The number of carbonyl (C=O) groups excluding carboxylic acids is 1. The van der Waals surface area contributed by atoms with E-state index in [9.17, 15) is 9.36 Å². The van der Waals surface area contributed by atoms with Gasteiger partial charge < -0.3 is 9.69 Å². The molecule has 0 amide bonds. The Morgan fingerprint density at radius 1 is 1.27 bits per heavy atom. The average Bonchev–Trinajstić information content (AvgIpc) is 1.87. The van der Waals surface area contributed by atoms with Crippen molar-refractivity contribution in [3.8, 4) is 0 Å². The average molecular weight is 184 g/mol. The molecule has 0 bridgehead atoms. The van der Waals surface area contributed by atoms with Crippen LogP contribution in [0.15, 0.2) is 0 Å². The summed E-state index contributed by atoms with van der Waals surface area (Å²) in [5.74, 6) is 0.167. The number of Topliss-reactive ketones (excluding diaryl/α,β-unsaturated/α-hetero) is 1. The summed E-state index contributed by atoms with van der Waals surface area (Å²) in [5.41, 5.74) is 0. The molecular formula is C5H13O5P. The van der Waals surface area contributed by atoms with Crippen LogP contribution in [0.1, 0.15) is 13.8 Å². The first-order valence-electron chi connectivity index (χ1n) is 2.77. The SMILES string of the molecule is CC(C)=O.COP(=O)(O)OC. The van der Waals surface area contributed by atoms with Gasteiger partial charge in [0.05, 0.1) is 0 Å². The van der Waals surface area contributed by atoms with Crippen molar-refractivity contribution in [3.63, 3.8) is 0 Å². The predicted molar refractivity (Wildman–Crippen MR) is 40.2 cm³/mol. The normalized spacial score (nSPS) is 9.91. The van der Waals surface area contributed by atoms with Gasteiger partial charge >= 0.3 is 7.82 Å². The predicted octanol–water partition coefficient (Wildman–Crippen LogP) is 0.975. The van der Waals surface area contributed by atoms with E-state index in [-0.39, 0.29) is 5.78 Å². The van der Waals surface area contributed by atoms with Crippen molar-refractivity contribution < 1.29 is 23.3 Å². The first kappa shape index (κ1) is 13.4. The molecule has 0 radical (unpaired) electrons. The molecule has 0 fully saturated rings. The van der Waals surface area contributed by atoms with Crippen LogP contribution < -0.4 is 0 Å². The molecule has 5 nitrogen and oxygen atoms in total. The van der Waals surface area contributed by atoms with Gasteiger partial charge in [-0.05, 0) is 13.8 Å². The van der Waals surface area contributed by atoms with Gasteiger partial charge in [0.1, 0.15) is 5.78 Å². The van der Waals surface area contributed by atoms with Gasteiger partial charge in [-0.2, -0.15) is 0 Å². The van der Waals surface area contributed by atoms with Gasteiger partial charge in [0.15, 0.2) is 0 Å². The van der Waals surface area contributed by atoms with E-state index in [1.165, 1.54) is 13.8 Å². The zero-order valence-electron chi connectivity index (χ0n) is 7.03. The molecule has 0 aromatic carbocycles. The van der Waals surface area contributed by atoms with Gasteiger partial charge in [-0.1, -0.05) is 0 Å². The monoisotopic (exact) mass is 184 g/mol. The van der Waals surface area contributed by atoms with Crippen LogP contribution in [0, 0.1) is 0 Å². The van der Waals surface area contributed by atoms with E-state index in [4.69, 9.17) is 4.89 Å². The summed E-state index contributed by atoms with van der Waals surface area (Å²) in [7, 11) is -1.45. The molecule has 6 heteroatoms. The van der Waals surface area contributed by atoms with Crippen molar-refractivity contribution in [2.24, 2.45) is 0 Å². The summed E-state index contributed by atoms with van der Waals surface area (Å²) in [4.78, 5) is 17.7. The lowest BCUT2D eigenvalue weighted by molar-refractivity contribution is -0.114. The molecule has 0 aliphatic heterocycles. The van der Waals surface area contributed by atoms with E-state index in [2.05, 4.69) is 9.05 Å². The third-order valence-corrected chi connectivity index (χ3v) is 1.38. The highest BCUT2D eigenvalue weighted by molar-refractivity contribution is 7.47. The Kier molecular flexibility index (Phi) is 7.89. The molecule has 1 N–H and O–H groups in total. The van der Waals surface area contributed by atoms with E-state index in [1.807, 2.05) is 0 Å². The topological polar surface area (TPSA) is 72.8 Å². The van der Waals surface area contributed by atoms with Crippen LogP contribution in [0.5, 0.6) is 0 Å². The Hall–Kier alpha value is -0.220. The third kappa shape index (κ3) is 17.7. The molecule has 0 saturated carbocycles. The minimum atomic E-state index is -3.65. The Morgan fingerprint density at radius 2 is 1.45 bits per heavy atom. The first-order valence-corrected chi connectivity index (χ1v) is 4.26. The van der Waals surface area contributed by atoms with Crippen molar-refractivity contribution >= 4 is 13.6 Å². The van der Waals surface area contributed by atoms with Crippen molar-refractivity contribution in [2.75, 3.05) is 14.2 Å². The molecule has 0 saturated heterocycles. The summed E-state index contributed by atoms with van der Waals surface area (Å²) in [6.45, 7) is 3.06. The fourth-order valence-corrected chi connectivity index (χ4v) is 0.224. The van der Waals surface area contributed by atoms with Gasteiger partial charge in [0.2, 0.25) is 0 Å². The molecule has 0 aliphatic rings. The maximum absolute atomic E-state index is 10.1. The van der Waals surface area contributed by atoms with Crippen LogP contribution in [0.25, 0.3) is 0 Å². The smallest absolute Gasteiger partial charge is 0.303 e. The largest absolute Gasteiger partial charge is 0.471 e. The van der Waals surface area contributed by atoms with E-state index in [0.717, 1.165) is 14.2 Å². The van der Waals surface area contributed by atoms with Gasteiger partial charge in [-0.3, -0.25) is 9.05 Å². The zero-order valence-corrected chi connectivity index (χ0v) is 7.92. The maximum Gasteiger partial charge on any atom is 0.471 e. The van der Waals surface area contributed by atoms with Crippen LogP contribution in [-0.2, 0) is 18.4 Å². The molecule has 0 aromatic heterocycles. The molecule has 0 atom stereocenters. The lowest BCUT2D eigenvalue weighted by Crippen LogP contribution is -1.83. The van der Waals surface area contributed by atoms with Gasteiger partial charge in [-0.25, -0.2) is 4.57 Å². The van der Waals surface area contributed by atoms with Crippen molar-refractivity contribution in [1.82, 2.24) is 0 Å². The quantitative estimate of drug-likeness (QED) is 0.647. The second-order valence-electron chi connectivity index (χ2n) is 1.74. The third-order valence-electron chi connectivity index (χ3n) is 0.461. The van der Waals surface area contributed by atoms with Crippen LogP contribution in [-0.4, -0.2) is 24.9 Å². The summed E-state index contributed by atoms with van der Waals surface area (Å²) in [5, 5.41) is 0. The molecular weight excluding hydrogens is 171 g/mol. The molecule has 68 valence electrons. The number of phosphoric ester groups is 1. The number of hydrogen-bond donors (Lipinski definition) is 1. The summed E-state index contributed by atoms with van der Waals surface area (Å²) >= 11 is 0. The minimum absolute atomic E-state index is 0.167. The number of carbonyl (C=O) groups is 1. The van der Waals surface area contributed by atoms with Gasteiger partial charge in [-0.15, -0.1) is 0 Å². The molecule has 0 rings (SSSR count). The van der Waals surface area contributed by atoms with E-state index in [0.29, 0.717) is 0 Å². The highest BCUT2D eigenvalue weighted by atomic mass is 31.2. The van der Waals surface area contributed by atoms with Crippen LogP contribution >= 0.6 is 7.82 Å². The van der Waals surface area contributed by atoms with E-state index in [1.54, 1.807) is 0 Å². The number of phosphoric acid groups is 1. The molecule has 0 unspecified atom stereocenters. The van der Waals surface area contributed by atoms with Crippen LogP contribution in [0.3, 0.4) is 0 Å². The fourth-order valence-electron chi connectivity index (χ4n) is 0.0745. The minimum Gasteiger partial charge on any atom is -0.303 e. The first-order chi connectivity index (χ1) is 4.85. The summed E-state index contributed by atoms with van der Waals surface area (Å²) in [6.07, 6.45) is 0. The highest BCUT2D eigenvalue weighted by Gasteiger charge is 2.13. The Balaban J connectivity index is 0. The standard InChI is InChI=1S/C3H6O.C2H7O4P/c1-3(2)4;1-5-7(3,4)6-2/h1-2H3;1-2H3,(H,3,4). The molecule has 11 heavy (non-hydrogen) atoms. The molecule has 0 aromatic rings. The number of rotatable bonds is 2. The summed E-state index contributed by atoms with van der Waals surface area (Å²) in [6, 6.07) is 0. The Labute approximate surface area is 65.9 Å². The van der Waals surface area contributed by atoms with E-state index >= 15 is 0 Å². The zero-order chi connectivity index (χ0) is 9.49. The Bertz CT molecular complexity index is 143. The van der Waals surface area contributed by atoms with Crippen molar-refractivity contribution in [1.29, 1.82) is 0 Å². The van der Waals surface area contributed by atoms with Crippen molar-refractivity contribution in [3.05, 3.63) is 0 Å². The lowest BCUT2D eigenvalue weighted by atomic mass is 10.6. The highest BCUT2D eigenvalue weighted by Crippen LogP contribution is 2.40. The molecule has 0 aliphatic carbocycles. The molecule has 0 spiro atoms. The summed E-state index contributed by atoms with van der Waals surface area (Å²) < 4.78 is 18.0. The maximum atomic E-state index is 10.1. The number of ketones is 1. The van der Waals surface area contributed by atoms with Crippen molar-refractivity contribution in [2.45, 2.75) is 13.8 Å². The van der Waals surface area contributed by atoms with E-state index < -0.39 is 7.82 Å². The van der Waals surface area contributed by atoms with Crippen LogP contribution in [0.4, 0.5) is 0 Å². The van der Waals surface area contributed by atoms with Gasteiger partial charge in [0.25, 0.3) is 0 Å². The number of hydrogen-bond acceptors (Lipinski definition) is 4. The second-order valence-corrected chi connectivity index (χ2v) is 3.41. The fraction of sp³-hybridized carbons (Fsp3) is 0.800. The Morgan fingerprint density at radius 3 is 1.45 bits per heavy atom. The second kappa shape index (κ2) is 6.49. The van der Waals surface area contributed by atoms with Gasteiger partial charge in [0, 0.05) is 14.2 Å². The van der Waals surface area contributed by atoms with Crippen LogP contribution in [0.2, 0.25) is 0 Å².